The summed E-state index contributed by atoms with van der Waals surface area (Å²) in [6, 6.07) is 1.29. The van der Waals surface area contributed by atoms with Gasteiger partial charge in [-0.15, -0.1) is 0 Å². The van der Waals surface area contributed by atoms with Crippen LogP contribution in [-0.4, -0.2) is 36.6 Å². The monoisotopic (exact) mass is 240 g/mol. The number of piperidine rings is 1. The second-order valence-corrected chi connectivity index (χ2v) is 6.10. The molecule has 0 amide bonds. The van der Waals surface area contributed by atoms with Gasteiger partial charge in [-0.1, -0.05) is 20.8 Å². The van der Waals surface area contributed by atoms with E-state index in [1.807, 2.05) is 0 Å². The average Bonchev–Trinajstić information content (AvgIpc) is 2.35. The molecule has 1 saturated heterocycles. The molecule has 2 unspecified atom stereocenters. The van der Waals surface area contributed by atoms with Gasteiger partial charge < -0.3 is 5.32 Å². The first-order valence-electron chi connectivity index (χ1n) is 7.53. The smallest absolute Gasteiger partial charge is 0.0218 e. The van der Waals surface area contributed by atoms with E-state index >= 15 is 0 Å². The highest BCUT2D eigenvalue weighted by Crippen LogP contribution is 2.25. The highest BCUT2D eigenvalue weighted by Gasteiger charge is 2.26. The predicted molar refractivity (Wildman–Crippen MR) is 76.4 cm³/mol. The van der Waals surface area contributed by atoms with Crippen LogP contribution >= 0.6 is 0 Å². The Kier molecular flexibility index (Phi) is 6.50. The SMILES string of the molecule is CCCNC(C)C(C)N1CCC(C(C)C)CC1. The summed E-state index contributed by atoms with van der Waals surface area (Å²) in [6.45, 7) is 15.4. The number of hydrogen-bond donors (Lipinski definition) is 1. The summed E-state index contributed by atoms with van der Waals surface area (Å²) in [5.74, 6) is 1.82. The molecule has 2 nitrogen and oxygen atoms in total. The number of rotatable bonds is 6. The molecule has 0 radical (unpaired) electrons. The minimum atomic E-state index is 0.616. The van der Waals surface area contributed by atoms with E-state index in [0.29, 0.717) is 12.1 Å². The lowest BCUT2D eigenvalue weighted by atomic mass is 9.86. The molecule has 0 spiro atoms. The molecule has 17 heavy (non-hydrogen) atoms. The molecule has 2 heteroatoms. The molecule has 2 atom stereocenters. The van der Waals surface area contributed by atoms with E-state index in [4.69, 9.17) is 0 Å². The van der Waals surface area contributed by atoms with Gasteiger partial charge in [0.15, 0.2) is 0 Å². The number of hydrogen-bond acceptors (Lipinski definition) is 2. The Balaban J connectivity index is 2.32. The van der Waals surface area contributed by atoms with Crippen LogP contribution in [0.15, 0.2) is 0 Å². The summed E-state index contributed by atoms with van der Waals surface area (Å²) < 4.78 is 0. The fraction of sp³-hybridized carbons (Fsp3) is 1.00. The van der Waals surface area contributed by atoms with E-state index in [1.54, 1.807) is 0 Å². The second kappa shape index (κ2) is 7.38. The third-order valence-corrected chi connectivity index (χ3v) is 4.53. The van der Waals surface area contributed by atoms with Crippen molar-refractivity contribution in [3.63, 3.8) is 0 Å². The van der Waals surface area contributed by atoms with Crippen molar-refractivity contribution < 1.29 is 0 Å². The summed E-state index contributed by atoms with van der Waals surface area (Å²) >= 11 is 0. The molecule has 0 bridgehead atoms. The lowest BCUT2D eigenvalue weighted by molar-refractivity contribution is 0.105. The van der Waals surface area contributed by atoms with Crippen molar-refractivity contribution in [3.8, 4) is 0 Å². The molecular formula is C15H32N2. The van der Waals surface area contributed by atoms with Crippen LogP contribution in [-0.2, 0) is 0 Å². The molecule has 0 aliphatic carbocycles. The zero-order valence-electron chi connectivity index (χ0n) is 12.5. The topological polar surface area (TPSA) is 15.3 Å². The van der Waals surface area contributed by atoms with Crippen molar-refractivity contribution in [3.05, 3.63) is 0 Å². The lowest BCUT2D eigenvalue weighted by Crippen LogP contribution is -2.50. The zero-order valence-corrected chi connectivity index (χ0v) is 12.5. The summed E-state index contributed by atoms with van der Waals surface area (Å²) in [5.41, 5.74) is 0. The molecule has 1 rings (SSSR count). The zero-order chi connectivity index (χ0) is 12.8. The maximum absolute atomic E-state index is 3.62. The van der Waals surface area contributed by atoms with Gasteiger partial charge >= 0.3 is 0 Å². The van der Waals surface area contributed by atoms with Gasteiger partial charge in [0.1, 0.15) is 0 Å². The van der Waals surface area contributed by atoms with E-state index in [0.717, 1.165) is 18.4 Å². The predicted octanol–water partition coefficient (Wildman–Crippen LogP) is 3.13. The molecule has 0 aromatic rings. The standard InChI is InChI=1S/C15H32N2/c1-6-9-16-13(4)14(5)17-10-7-15(8-11-17)12(2)3/h12-16H,6-11H2,1-5H3. The molecular weight excluding hydrogens is 208 g/mol. The van der Waals surface area contributed by atoms with Gasteiger partial charge in [0.25, 0.3) is 0 Å². The van der Waals surface area contributed by atoms with Crippen LogP contribution < -0.4 is 5.32 Å². The molecule has 0 aromatic heterocycles. The van der Waals surface area contributed by atoms with Gasteiger partial charge in [-0.05, 0) is 64.6 Å². The quantitative estimate of drug-likeness (QED) is 0.767. The molecule has 0 aromatic carbocycles. The van der Waals surface area contributed by atoms with Crippen molar-refractivity contribution >= 4 is 0 Å². The molecule has 1 N–H and O–H groups in total. The minimum absolute atomic E-state index is 0.616. The van der Waals surface area contributed by atoms with Crippen LogP contribution in [0.5, 0.6) is 0 Å². The number of nitrogens with zero attached hydrogens (tertiary/aromatic N) is 1. The Morgan fingerprint density at radius 2 is 1.71 bits per heavy atom. The first-order valence-corrected chi connectivity index (χ1v) is 7.53. The van der Waals surface area contributed by atoms with E-state index < -0.39 is 0 Å². The van der Waals surface area contributed by atoms with E-state index in [2.05, 4.69) is 44.8 Å². The van der Waals surface area contributed by atoms with Gasteiger partial charge in [-0.2, -0.15) is 0 Å². The fourth-order valence-electron chi connectivity index (χ4n) is 2.85. The van der Waals surface area contributed by atoms with Gasteiger partial charge in [-0.25, -0.2) is 0 Å². The number of likely N-dealkylation sites (tertiary alicyclic amines) is 1. The third-order valence-electron chi connectivity index (χ3n) is 4.53. The van der Waals surface area contributed by atoms with Crippen LogP contribution in [0.1, 0.15) is 53.9 Å². The van der Waals surface area contributed by atoms with Crippen molar-refractivity contribution in [2.24, 2.45) is 11.8 Å². The van der Waals surface area contributed by atoms with Crippen molar-refractivity contribution in [1.29, 1.82) is 0 Å². The van der Waals surface area contributed by atoms with Crippen LogP contribution in [0.25, 0.3) is 0 Å². The first kappa shape index (κ1) is 15.0. The minimum Gasteiger partial charge on any atom is -0.313 e. The summed E-state index contributed by atoms with van der Waals surface area (Å²) in [5, 5.41) is 3.62. The maximum atomic E-state index is 3.62. The Hall–Kier alpha value is -0.0800. The Labute approximate surface area is 108 Å². The molecule has 1 aliphatic heterocycles. The second-order valence-electron chi connectivity index (χ2n) is 6.10. The number of nitrogens with one attached hydrogen (secondary N) is 1. The lowest BCUT2D eigenvalue weighted by Gasteiger charge is -2.39. The van der Waals surface area contributed by atoms with E-state index in [9.17, 15) is 0 Å². The Morgan fingerprint density at radius 1 is 1.12 bits per heavy atom. The maximum Gasteiger partial charge on any atom is 0.0218 e. The van der Waals surface area contributed by atoms with E-state index in [1.165, 1.54) is 32.4 Å². The normalized spacial score (nSPS) is 22.9. The van der Waals surface area contributed by atoms with Crippen molar-refractivity contribution in [2.75, 3.05) is 19.6 Å². The highest BCUT2D eigenvalue weighted by molar-refractivity contribution is 4.82. The van der Waals surface area contributed by atoms with Crippen molar-refractivity contribution in [2.45, 2.75) is 66.0 Å². The van der Waals surface area contributed by atoms with Crippen LogP contribution in [0.3, 0.4) is 0 Å². The van der Waals surface area contributed by atoms with Gasteiger partial charge in [-0.3, -0.25) is 4.90 Å². The molecule has 1 fully saturated rings. The Morgan fingerprint density at radius 3 is 2.18 bits per heavy atom. The molecule has 1 aliphatic rings. The van der Waals surface area contributed by atoms with E-state index in [-0.39, 0.29) is 0 Å². The largest absolute Gasteiger partial charge is 0.313 e. The van der Waals surface area contributed by atoms with Gasteiger partial charge in [0.05, 0.1) is 0 Å². The van der Waals surface area contributed by atoms with Gasteiger partial charge in [0.2, 0.25) is 0 Å². The fourth-order valence-corrected chi connectivity index (χ4v) is 2.85. The molecule has 0 saturated carbocycles. The van der Waals surface area contributed by atoms with Crippen LogP contribution in [0.4, 0.5) is 0 Å². The van der Waals surface area contributed by atoms with Crippen LogP contribution in [0, 0.1) is 11.8 Å². The third kappa shape index (κ3) is 4.59. The van der Waals surface area contributed by atoms with Crippen LogP contribution in [0.2, 0.25) is 0 Å². The average molecular weight is 240 g/mol. The first-order chi connectivity index (χ1) is 8.06. The molecule has 102 valence electrons. The van der Waals surface area contributed by atoms with Gasteiger partial charge in [0, 0.05) is 12.1 Å². The highest BCUT2D eigenvalue weighted by atomic mass is 15.2. The summed E-state index contributed by atoms with van der Waals surface area (Å²) in [4.78, 5) is 2.67. The Bertz CT molecular complexity index is 195. The summed E-state index contributed by atoms with van der Waals surface area (Å²) in [7, 11) is 0. The molecule has 1 heterocycles. The van der Waals surface area contributed by atoms with Crippen molar-refractivity contribution in [1.82, 2.24) is 10.2 Å². The summed E-state index contributed by atoms with van der Waals surface area (Å²) in [6.07, 6.45) is 4.01.